The van der Waals surface area contributed by atoms with Gasteiger partial charge in [0.1, 0.15) is 0 Å². The molecule has 0 amide bonds. The van der Waals surface area contributed by atoms with Crippen LogP contribution in [0.15, 0.2) is 6.20 Å². The molecular weight excluding hydrogens is 264 g/mol. The first-order chi connectivity index (χ1) is 9.18. The first-order valence-corrected chi connectivity index (χ1v) is 7.37. The van der Waals surface area contributed by atoms with Gasteiger partial charge in [-0.05, 0) is 26.7 Å². The van der Waals surface area contributed by atoms with Gasteiger partial charge in [-0.3, -0.25) is 10.5 Å². The number of halogens is 1. The maximum Gasteiger partial charge on any atom is 0.0933 e. The fourth-order valence-electron chi connectivity index (χ4n) is 3.17. The summed E-state index contributed by atoms with van der Waals surface area (Å²) in [5.41, 5.74) is 3.59. The summed E-state index contributed by atoms with van der Waals surface area (Å²) in [4.78, 5) is 0. The van der Waals surface area contributed by atoms with Gasteiger partial charge in [0.05, 0.1) is 28.6 Å². The molecule has 1 aliphatic rings. The van der Waals surface area contributed by atoms with Crippen LogP contribution in [0.5, 0.6) is 0 Å². The topological polar surface area (TPSA) is 65.1 Å². The summed E-state index contributed by atoms with van der Waals surface area (Å²) in [5, 5.41) is 4.95. The number of aryl methyl sites for hydroxylation is 1. The molecule has 0 bridgehead atoms. The van der Waals surface area contributed by atoms with E-state index < -0.39 is 0 Å². The van der Waals surface area contributed by atoms with Gasteiger partial charge in [-0.25, -0.2) is 5.43 Å². The Morgan fingerprint density at radius 3 is 2.74 bits per heavy atom. The normalized spacial score (nSPS) is 19.8. The zero-order valence-corrected chi connectivity index (χ0v) is 12.4. The van der Waals surface area contributed by atoms with Crippen molar-refractivity contribution in [1.29, 1.82) is 0 Å². The number of hydrogen-bond acceptors (Lipinski definition) is 4. The predicted octanol–water partition coefficient (Wildman–Crippen LogP) is 2.41. The van der Waals surface area contributed by atoms with E-state index in [1.165, 1.54) is 0 Å². The van der Waals surface area contributed by atoms with Gasteiger partial charge in [0, 0.05) is 13.2 Å². The Bertz CT molecular complexity index is 415. The Morgan fingerprint density at radius 2 is 2.21 bits per heavy atom. The third-order valence-corrected chi connectivity index (χ3v) is 4.27. The van der Waals surface area contributed by atoms with Gasteiger partial charge in [0.2, 0.25) is 0 Å². The summed E-state index contributed by atoms with van der Waals surface area (Å²) < 4.78 is 7.97. The lowest BCUT2D eigenvalue weighted by molar-refractivity contribution is -0.0645. The third kappa shape index (κ3) is 2.65. The second-order valence-corrected chi connectivity index (χ2v) is 5.41. The van der Waals surface area contributed by atoms with Gasteiger partial charge < -0.3 is 4.74 Å². The molecule has 1 unspecified atom stereocenters. The molecule has 19 heavy (non-hydrogen) atoms. The minimum atomic E-state index is -0.264. The van der Waals surface area contributed by atoms with Crippen LogP contribution in [0.2, 0.25) is 5.02 Å². The van der Waals surface area contributed by atoms with Crippen molar-refractivity contribution in [3.05, 3.63) is 16.9 Å². The van der Waals surface area contributed by atoms with Crippen LogP contribution < -0.4 is 11.3 Å². The first-order valence-electron chi connectivity index (χ1n) is 6.99. The highest BCUT2D eigenvalue weighted by Crippen LogP contribution is 2.44. The molecule has 5 nitrogen and oxygen atoms in total. The fourth-order valence-corrected chi connectivity index (χ4v) is 3.42. The molecule has 3 N–H and O–H groups in total. The molecular formula is C13H23ClN4O. The van der Waals surface area contributed by atoms with Crippen molar-refractivity contribution in [2.45, 2.75) is 57.7 Å². The smallest absolute Gasteiger partial charge is 0.0933 e. The summed E-state index contributed by atoms with van der Waals surface area (Å²) in [7, 11) is 0. The average Bonchev–Trinajstić information content (AvgIpc) is 3.00. The average molecular weight is 287 g/mol. The van der Waals surface area contributed by atoms with Crippen LogP contribution in [0.1, 0.15) is 51.3 Å². The van der Waals surface area contributed by atoms with Gasteiger partial charge >= 0.3 is 0 Å². The van der Waals surface area contributed by atoms with Crippen LogP contribution in [-0.2, 0) is 11.3 Å². The number of ether oxygens (including phenoxy) is 1. The molecule has 1 atom stereocenters. The van der Waals surface area contributed by atoms with Gasteiger partial charge in [-0.1, -0.05) is 24.4 Å². The summed E-state index contributed by atoms with van der Waals surface area (Å²) in [6.07, 6.45) is 6.01. The van der Waals surface area contributed by atoms with Crippen LogP contribution in [0.4, 0.5) is 0 Å². The zero-order valence-electron chi connectivity index (χ0n) is 11.7. The minimum absolute atomic E-state index is 0.120. The summed E-state index contributed by atoms with van der Waals surface area (Å²) >= 11 is 6.30. The molecule has 0 spiro atoms. The van der Waals surface area contributed by atoms with E-state index in [0.29, 0.717) is 11.6 Å². The van der Waals surface area contributed by atoms with Crippen LogP contribution >= 0.6 is 11.6 Å². The maximum absolute atomic E-state index is 6.30. The molecule has 0 saturated heterocycles. The monoisotopic (exact) mass is 286 g/mol. The molecule has 0 aromatic carbocycles. The second-order valence-electron chi connectivity index (χ2n) is 5.00. The minimum Gasteiger partial charge on any atom is -0.373 e. The summed E-state index contributed by atoms with van der Waals surface area (Å²) in [6.45, 7) is 5.51. The van der Waals surface area contributed by atoms with Crippen molar-refractivity contribution in [3.8, 4) is 0 Å². The van der Waals surface area contributed by atoms with E-state index >= 15 is 0 Å². The van der Waals surface area contributed by atoms with Crippen molar-refractivity contribution >= 4 is 11.6 Å². The lowest BCUT2D eigenvalue weighted by Gasteiger charge is -2.37. The Kier molecular flexibility index (Phi) is 4.84. The van der Waals surface area contributed by atoms with Crippen molar-refractivity contribution in [3.63, 3.8) is 0 Å². The maximum atomic E-state index is 6.30. The number of rotatable bonds is 6. The Balaban J connectivity index is 2.39. The molecule has 1 saturated carbocycles. The predicted molar refractivity (Wildman–Crippen MR) is 75.8 cm³/mol. The van der Waals surface area contributed by atoms with E-state index in [4.69, 9.17) is 22.2 Å². The van der Waals surface area contributed by atoms with Crippen LogP contribution in [0.25, 0.3) is 0 Å². The number of nitrogens with zero attached hydrogens (tertiary/aromatic N) is 2. The lowest BCUT2D eigenvalue weighted by Crippen LogP contribution is -2.48. The molecule has 108 valence electrons. The van der Waals surface area contributed by atoms with Gasteiger partial charge in [-0.2, -0.15) is 5.10 Å². The summed E-state index contributed by atoms with van der Waals surface area (Å²) in [6, 6.07) is -0.120. The number of aromatic nitrogens is 2. The zero-order chi connectivity index (χ0) is 13.9. The van der Waals surface area contributed by atoms with Gasteiger partial charge in [0.25, 0.3) is 0 Å². The van der Waals surface area contributed by atoms with Crippen molar-refractivity contribution < 1.29 is 4.74 Å². The van der Waals surface area contributed by atoms with E-state index in [2.05, 4.69) is 10.5 Å². The number of hydrogen-bond donors (Lipinski definition) is 2. The van der Waals surface area contributed by atoms with Crippen LogP contribution in [0, 0.1) is 0 Å². The molecule has 1 heterocycles. The fraction of sp³-hybridized carbons (Fsp3) is 0.769. The molecule has 2 rings (SSSR count). The first kappa shape index (κ1) is 14.8. The Labute approximate surface area is 119 Å². The van der Waals surface area contributed by atoms with Crippen molar-refractivity contribution in [2.75, 3.05) is 6.61 Å². The van der Waals surface area contributed by atoms with E-state index in [9.17, 15) is 0 Å². The van der Waals surface area contributed by atoms with Gasteiger partial charge in [-0.15, -0.1) is 0 Å². The molecule has 0 radical (unpaired) electrons. The van der Waals surface area contributed by atoms with Crippen molar-refractivity contribution in [2.24, 2.45) is 5.84 Å². The summed E-state index contributed by atoms with van der Waals surface area (Å²) in [5.74, 6) is 5.82. The SMILES string of the molecule is CCOC1(C(NN)c2c(Cl)cnn2CC)CCCC1. The molecule has 0 aliphatic heterocycles. The lowest BCUT2D eigenvalue weighted by atomic mass is 9.89. The highest BCUT2D eigenvalue weighted by Gasteiger charge is 2.44. The van der Waals surface area contributed by atoms with Crippen LogP contribution in [0.3, 0.4) is 0 Å². The van der Waals surface area contributed by atoms with Crippen LogP contribution in [-0.4, -0.2) is 22.0 Å². The Morgan fingerprint density at radius 1 is 1.53 bits per heavy atom. The molecule has 1 fully saturated rings. The van der Waals surface area contributed by atoms with E-state index in [0.717, 1.165) is 37.9 Å². The quantitative estimate of drug-likeness (QED) is 0.623. The van der Waals surface area contributed by atoms with Gasteiger partial charge in [0.15, 0.2) is 0 Å². The molecule has 1 aliphatic carbocycles. The van der Waals surface area contributed by atoms with E-state index in [1.54, 1.807) is 6.20 Å². The number of nitrogens with two attached hydrogens (primary N) is 1. The van der Waals surface area contributed by atoms with E-state index in [1.807, 2.05) is 18.5 Å². The number of hydrazine groups is 1. The molecule has 1 aromatic rings. The third-order valence-electron chi connectivity index (χ3n) is 3.98. The van der Waals surface area contributed by atoms with E-state index in [-0.39, 0.29) is 11.6 Å². The molecule has 6 heteroatoms. The standard InChI is InChI=1S/C13H23ClN4O/c1-3-18-11(10(14)9-16-18)12(17-15)13(19-4-2)7-5-6-8-13/h9,12,17H,3-8,15H2,1-2H3. The second kappa shape index (κ2) is 6.22. The molecule has 1 aromatic heterocycles. The van der Waals surface area contributed by atoms with Crippen molar-refractivity contribution in [1.82, 2.24) is 15.2 Å². The highest BCUT2D eigenvalue weighted by atomic mass is 35.5. The highest BCUT2D eigenvalue weighted by molar-refractivity contribution is 6.31. The Hall–Kier alpha value is -0.620. The number of nitrogens with one attached hydrogen (secondary N) is 1. The largest absolute Gasteiger partial charge is 0.373 e.